The molecular weight excluding hydrogens is 404 g/mol. The standard InChI is InChI=1S/C28H23F2NO/c29-21-12-9-19(10-13-21)5-4-8-26-27(25-18-11-20-6-2-1-3-7-24(20)25)31(28(26)32)23-16-14-22(30)15-17-23/h1-3,6-7,9-18,26-27H,4-5,8H2/t26-,27-/m1/s1. The van der Waals surface area contributed by atoms with E-state index in [0.717, 1.165) is 41.5 Å². The van der Waals surface area contributed by atoms with E-state index in [2.05, 4.69) is 24.3 Å². The van der Waals surface area contributed by atoms with Crippen molar-refractivity contribution in [2.24, 2.45) is 5.92 Å². The lowest BCUT2D eigenvalue weighted by Crippen LogP contribution is -2.55. The van der Waals surface area contributed by atoms with E-state index in [0.29, 0.717) is 5.69 Å². The third-order valence-electron chi connectivity index (χ3n) is 6.36. The molecule has 1 heterocycles. The van der Waals surface area contributed by atoms with Crippen molar-refractivity contribution >= 4 is 11.6 Å². The minimum Gasteiger partial charge on any atom is -0.304 e. The number of anilines is 1. The first-order valence-corrected chi connectivity index (χ1v) is 10.9. The Morgan fingerprint density at radius 1 is 0.750 bits per heavy atom. The molecule has 0 radical (unpaired) electrons. The van der Waals surface area contributed by atoms with Crippen LogP contribution in [0.1, 0.15) is 30.0 Å². The lowest BCUT2D eigenvalue weighted by atomic mass is 9.78. The van der Waals surface area contributed by atoms with Crippen LogP contribution in [0.25, 0.3) is 11.1 Å². The maximum atomic E-state index is 13.5. The molecule has 0 spiro atoms. The van der Waals surface area contributed by atoms with Crippen molar-refractivity contribution in [3.05, 3.63) is 114 Å². The molecule has 2 aromatic rings. The van der Waals surface area contributed by atoms with Gasteiger partial charge in [0.15, 0.2) is 0 Å². The summed E-state index contributed by atoms with van der Waals surface area (Å²) in [5.41, 5.74) is 5.16. The molecular formula is C28H23F2NO. The maximum Gasteiger partial charge on any atom is 0.233 e. The number of carbonyl (C=O) groups excluding carboxylic acids is 1. The highest BCUT2D eigenvalue weighted by Crippen LogP contribution is 2.49. The van der Waals surface area contributed by atoms with Crippen LogP contribution >= 0.6 is 0 Å². The fourth-order valence-corrected chi connectivity index (χ4v) is 4.75. The normalized spacial score (nSPS) is 18.1. The molecule has 0 saturated carbocycles. The molecule has 0 N–H and O–H groups in total. The highest BCUT2D eigenvalue weighted by atomic mass is 19.1. The van der Waals surface area contributed by atoms with E-state index in [1.54, 1.807) is 29.2 Å². The Morgan fingerprint density at radius 3 is 2.19 bits per heavy atom. The van der Waals surface area contributed by atoms with E-state index in [1.807, 2.05) is 18.2 Å². The first kappa shape index (κ1) is 20.4. The summed E-state index contributed by atoms with van der Waals surface area (Å²) in [5.74, 6) is -0.638. The van der Waals surface area contributed by atoms with Gasteiger partial charge in [0.1, 0.15) is 11.6 Å². The molecule has 0 bridgehead atoms. The van der Waals surface area contributed by atoms with Gasteiger partial charge in [-0.3, -0.25) is 4.79 Å². The topological polar surface area (TPSA) is 20.3 Å². The average molecular weight is 427 g/mol. The van der Waals surface area contributed by atoms with Gasteiger partial charge >= 0.3 is 0 Å². The van der Waals surface area contributed by atoms with Gasteiger partial charge in [-0.05, 0) is 77.9 Å². The molecule has 0 aromatic heterocycles. The van der Waals surface area contributed by atoms with Crippen LogP contribution in [-0.2, 0) is 11.2 Å². The monoisotopic (exact) mass is 427 g/mol. The number of hydrogen-bond acceptors (Lipinski definition) is 1. The number of aryl methyl sites for hydroxylation is 1. The van der Waals surface area contributed by atoms with Gasteiger partial charge in [0.2, 0.25) is 5.91 Å². The summed E-state index contributed by atoms with van der Waals surface area (Å²) in [4.78, 5) is 15.0. The van der Waals surface area contributed by atoms with Gasteiger partial charge in [0, 0.05) is 5.69 Å². The molecule has 4 heteroatoms. The van der Waals surface area contributed by atoms with Crippen LogP contribution in [0.3, 0.4) is 0 Å². The molecule has 160 valence electrons. The van der Waals surface area contributed by atoms with Crippen molar-refractivity contribution in [1.29, 1.82) is 0 Å². The lowest BCUT2D eigenvalue weighted by Gasteiger charge is -2.48. The molecule has 32 heavy (non-hydrogen) atoms. The van der Waals surface area contributed by atoms with Crippen LogP contribution in [0.15, 0.2) is 91.0 Å². The van der Waals surface area contributed by atoms with Gasteiger partial charge in [-0.15, -0.1) is 0 Å². The van der Waals surface area contributed by atoms with E-state index in [1.165, 1.54) is 24.3 Å². The Hall–Kier alpha value is -3.53. The van der Waals surface area contributed by atoms with Gasteiger partial charge in [-0.1, -0.05) is 54.6 Å². The second kappa shape index (κ2) is 8.54. The van der Waals surface area contributed by atoms with Crippen molar-refractivity contribution in [3.8, 4) is 11.1 Å². The number of carbonyl (C=O) groups is 1. The number of halogens is 2. The summed E-state index contributed by atoms with van der Waals surface area (Å²) >= 11 is 0. The second-order valence-electron chi connectivity index (χ2n) is 8.32. The fourth-order valence-electron chi connectivity index (χ4n) is 4.75. The number of hydrogen-bond donors (Lipinski definition) is 0. The summed E-state index contributed by atoms with van der Waals surface area (Å²) in [5, 5.41) is 0. The summed E-state index contributed by atoms with van der Waals surface area (Å²) in [6.07, 6.45) is 2.37. The van der Waals surface area contributed by atoms with Gasteiger partial charge in [0.05, 0.1) is 12.0 Å². The van der Waals surface area contributed by atoms with Crippen molar-refractivity contribution in [3.63, 3.8) is 0 Å². The smallest absolute Gasteiger partial charge is 0.233 e. The van der Waals surface area contributed by atoms with Crippen LogP contribution < -0.4 is 4.90 Å². The predicted molar refractivity (Wildman–Crippen MR) is 123 cm³/mol. The zero-order valence-corrected chi connectivity index (χ0v) is 17.5. The van der Waals surface area contributed by atoms with E-state index >= 15 is 0 Å². The largest absolute Gasteiger partial charge is 0.304 e. The van der Waals surface area contributed by atoms with Crippen LogP contribution in [0.4, 0.5) is 14.5 Å². The Labute approximate surface area is 186 Å². The zero-order valence-electron chi connectivity index (χ0n) is 17.5. The van der Waals surface area contributed by atoms with E-state index in [9.17, 15) is 13.6 Å². The Morgan fingerprint density at radius 2 is 1.44 bits per heavy atom. The van der Waals surface area contributed by atoms with Crippen LogP contribution in [0, 0.1) is 17.6 Å². The molecule has 1 fully saturated rings. The third kappa shape index (κ3) is 3.77. The molecule has 2 nitrogen and oxygen atoms in total. The van der Waals surface area contributed by atoms with E-state index in [-0.39, 0.29) is 29.5 Å². The quantitative estimate of drug-likeness (QED) is 0.310. The minimum absolute atomic E-state index is 0.0652. The maximum absolute atomic E-state index is 13.5. The highest BCUT2D eigenvalue weighted by molar-refractivity contribution is 6.04. The molecule has 2 atom stereocenters. The van der Waals surface area contributed by atoms with Gasteiger partial charge < -0.3 is 4.90 Å². The Bertz CT molecular complexity index is 1200. The van der Waals surface area contributed by atoms with Gasteiger partial charge in [-0.25, -0.2) is 8.78 Å². The molecule has 1 aliphatic heterocycles. The Kier molecular flexibility index (Phi) is 5.44. The predicted octanol–water partition coefficient (Wildman–Crippen LogP) is 6.80. The van der Waals surface area contributed by atoms with Crippen LogP contribution in [0.2, 0.25) is 0 Å². The second-order valence-corrected chi connectivity index (χ2v) is 8.32. The van der Waals surface area contributed by atoms with E-state index in [4.69, 9.17) is 0 Å². The SMILES string of the molecule is O=C1[C@H](CCCc2ccc(F)cc2)[C@@H](c2ccc3cccccc2-3)N1c1ccc(F)cc1. The zero-order chi connectivity index (χ0) is 22.1. The molecule has 2 aromatic carbocycles. The number of benzene rings is 2. The number of fused-ring (bicyclic) bond motifs is 1. The van der Waals surface area contributed by atoms with Crippen molar-refractivity contribution in [2.45, 2.75) is 25.3 Å². The fraction of sp³-hybridized carbons (Fsp3) is 0.179. The molecule has 2 aliphatic carbocycles. The van der Waals surface area contributed by atoms with Crippen molar-refractivity contribution in [2.75, 3.05) is 4.90 Å². The molecule has 1 amide bonds. The van der Waals surface area contributed by atoms with Crippen LogP contribution in [-0.4, -0.2) is 5.91 Å². The number of amides is 1. The lowest BCUT2D eigenvalue weighted by molar-refractivity contribution is -0.130. The average Bonchev–Trinajstić information content (AvgIpc) is 3.03. The summed E-state index contributed by atoms with van der Waals surface area (Å²) < 4.78 is 26.7. The van der Waals surface area contributed by atoms with Crippen LogP contribution in [0.5, 0.6) is 0 Å². The minimum atomic E-state index is -0.320. The van der Waals surface area contributed by atoms with Crippen molar-refractivity contribution in [1.82, 2.24) is 0 Å². The number of rotatable bonds is 6. The molecule has 1 saturated heterocycles. The summed E-state index contributed by atoms with van der Waals surface area (Å²) in [7, 11) is 0. The first-order chi connectivity index (χ1) is 15.6. The van der Waals surface area contributed by atoms with E-state index < -0.39 is 0 Å². The molecule has 3 aliphatic rings. The third-order valence-corrected chi connectivity index (χ3v) is 6.36. The van der Waals surface area contributed by atoms with Crippen molar-refractivity contribution < 1.29 is 13.6 Å². The first-order valence-electron chi connectivity index (χ1n) is 10.9. The summed E-state index contributed by atoms with van der Waals surface area (Å²) in [6.45, 7) is 0. The van der Waals surface area contributed by atoms with Gasteiger partial charge in [-0.2, -0.15) is 0 Å². The molecule has 5 rings (SSSR count). The Balaban J connectivity index is 1.42. The highest BCUT2D eigenvalue weighted by Gasteiger charge is 2.49. The number of β-lactam (4-membered cyclic amide) rings is 1. The van der Waals surface area contributed by atoms with Gasteiger partial charge in [0.25, 0.3) is 0 Å². The number of nitrogens with zero attached hydrogens (tertiary/aromatic N) is 1. The summed E-state index contributed by atoms with van der Waals surface area (Å²) in [6, 6.07) is 26.9. The molecule has 0 unspecified atom stereocenters.